The number of hydrogen-bond acceptors (Lipinski definition) is 4. The van der Waals surface area contributed by atoms with Gasteiger partial charge in [-0.05, 0) is 57.7 Å². The van der Waals surface area contributed by atoms with E-state index in [-0.39, 0.29) is 29.7 Å². The number of hydrogen-bond donors (Lipinski definition) is 0. The second-order valence-electron chi connectivity index (χ2n) is 8.24. The molecule has 2 aliphatic heterocycles. The molecule has 1 aromatic rings. The highest BCUT2D eigenvalue weighted by atomic mass is 19.3. The Morgan fingerprint density at radius 1 is 1.18 bits per heavy atom. The maximum atomic E-state index is 12.8. The topological polar surface area (TPSA) is 59.1 Å². The standard InChI is InChI=1S/C20H26F2N2O4/c1-20(2,3)28-19(26)24-10-7-14-12-23(9-8-16(14)24)17(25)13-5-4-6-15(11-13)27-18(21)22/h4-6,11,14,16,18H,7-10,12H2,1-3H3. The molecule has 3 rings (SSSR count). The first-order chi connectivity index (χ1) is 13.1. The van der Waals surface area contributed by atoms with Crippen molar-refractivity contribution in [3.63, 3.8) is 0 Å². The first-order valence-corrected chi connectivity index (χ1v) is 9.48. The van der Waals surface area contributed by atoms with Gasteiger partial charge in [0, 0.05) is 31.2 Å². The molecule has 2 amide bonds. The number of rotatable bonds is 3. The van der Waals surface area contributed by atoms with Gasteiger partial charge in [-0.2, -0.15) is 8.78 Å². The number of carbonyl (C=O) groups is 2. The van der Waals surface area contributed by atoms with Crippen LogP contribution < -0.4 is 4.74 Å². The fourth-order valence-electron chi connectivity index (χ4n) is 3.90. The Morgan fingerprint density at radius 2 is 1.93 bits per heavy atom. The Balaban J connectivity index is 1.63. The van der Waals surface area contributed by atoms with Crippen LogP contribution >= 0.6 is 0 Å². The molecule has 2 heterocycles. The third-order valence-electron chi connectivity index (χ3n) is 5.06. The summed E-state index contributed by atoms with van der Waals surface area (Å²) in [5.41, 5.74) is -0.226. The monoisotopic (exact) mass is 396 g/mol. The van der Waals surface area contributed by atoms with Crippen LogP contribution in [-0.4, -0.2) is 59.7 Å². The van der Waals surface area contributed by atoms with Gasteiger partial charge in [-0.1, -0.05) is 6.07 Å². The van der Waals surface area contributed by atoms with E-state index in [1.165, 1.54) is 18.2 Å². The molecule has 8 heteroatoms. The number of halogens is 2. The lowest BCUT2D eigenvalue weighted by Crippen LogP contribution is -2.50. The molecule has 2 atom stereocenters. The summed E-state index contributed by atoms with van der Waals surface area (Å²) in [5, 5.41) is 0. The minimum absolute atomic E-state index is 0.0345. The number of nitrogens with zero attached hydrogens (tertiary/aromatic N) is 2. The first-order valence-electron chi connectivity index (χ1n) is 9.48. The molecule has 2 saturated heterocycles. The molecule has 2 aliphatic rings. The Labute approximate surface area is 163 Å². The molecule has 0 bridgehead atoms. The van der Waals surface area contributed by atoms with Gasteiger partial charge in [-0.3, -0.25) is 4.79 Å². The minimum atomic E-state index is -2.93. The molecule has 0 aromatic heterocycles. The normalized spacial score (nSPS) is 22.2. The fourth-order valence-corrected chi connectivity index (χ4v) is 3.90. The summed E-state index contributed by atoms with van der Waals surface area (Å²) in [6.07, 6.45) is 1.17. The fraction of sp³-hybridized carbons (Fsp3) is 0.600. The van der Waals surface area contributed by atoms with E-state index in [1.807, 2.05) is 20.8 Å². The van der Waals surface area contributed by atoms with E-state index < -0.39 is 12.2 Å². The average Bonchev–Trinajstić information content (AvgIpc) is 3.02. The lowest BCUT2D eigenvalue weighted by molar-refractivity contribution is -0.0499. The zero-order valence-corrected chi connectivity index (χ0v) is 16.4. The molecule has 0 saturated carbocycles. The van der Waals surface area contributed by atoms with Crippen LogP contribution in [0.2, 0.25) is 0 Å². The van der Waals surface area contributed by atoms with Crippen molar-refractivity contribution in [2.24, 2.45) is 5.92 Å². The van der Waals surface area contributed by atoms with Gasteiger partial charge in [0.25, 0.3) is 5.91 Å². The molecule has 0 radical (unpaired) electrons. The average molecular weight is 396 g/mol. The van der Waals surface area contributed by atoms with Gasteiger partial charge < -0.3 is 19.3 Å². The summed E-state index contributed by atoms with van der Waals surface area (Å²) < 4.78 is 34.7. The highest BCUT2D eigenvalue weighted by Gasteiger charge is 2.42. The Morgan fingerprint density at radius 3 is 2.61 bits per heavy atom. The SMILES string of the molecule is CC(C)(C)OC(=O)N1CCC2CN(C(=O)c3cccc(OC(F)F)c3)CCC21. The molecule has 1 aromatic carbocycles. The van der Waals surface area contributed by atoms with Gasteiger partial charge in [0.05, 0.1) is 0 Å². The number of carbonyl (C=O) groups excluding carboxylic acids is 2. The number of ether oxygens (including phenoxy) is 2. The van der Waals surface area contributed by atoms with E-state index in [9.17, 15) is 18.4 Å². The van der Waals surface area contributed by atoms with Crippen molar-refractivity contribution >= 4 is 12.0 Å². The highest BCUT2D eigenvalue weighted by Crippen LogP contribution is 2.33. The number of piperidine rings is 1. The van der Waals surface area contributed by atoms with Crippen molar-refractivity contribution in [1.82, 2.24) is 9.80 Å². The van der Waals surface area contributed by atoms with Gasteiger partial charge in [0.1, 0.15) is 11.4 Å². The van der Waals surface area contributed by atoms with Crippen LogP contribution in [0.3, 0.4) is 0 Å². The summed E-state index contributed by atoms with van der Waals surface area (Å²) >= 11 is 0. The summed E-state index contributed by atoms with van der Waals surface area (Å²) in [6, 6.07) is 5.91. The number of amides is 2. The van der Waals surface area contributed by atoms with Crippen molar-refractivity contribution in [1.29, 1.82) is 0 Å². The second kappa shape index (κ2) is 7.93. The minimum Gasteiger partial charge on any atom is -0.444 e. The maximum Gasteiger partial charge on any atom is 0.410 e. The van der Waals surface area contributed by atoms with E-state index in [1.54, 1.807) is 15.9 Å². The lowest BCUT2D eigenvalue weighted by atomic mass is 9.92. The molecular weight excluding hydrogens is 370 g/mol. The van der Waals surface area contributed by atoms with Crippen molar-refractivity contribution < 1.29 is 27.8 Å². The molecule has 2 fully saturated rings. The summed E-state index contributed by atoms with van der Waals surface area (Å²) in [5.74, 6) is -0.0627. The van der Waals surface area contributed by atoms with E-state index >= 15 is 0 Å². The maximum absolute atomic E-state index is 12.8. The third kappa shape index (κ3) is 4.72. The van der Waals surface area contributed by atoms with Crippen LogP contribution in [0.1, 0.15) is 44.0 Å². The molecule has 0 N–H and O–H groups in total. The third-order valence-corrected chi connectivity index (χ3v) is 5.06. The number of alkyl halides is 2. The molecule has 0 aliphatic carbocycles. The molecule has 2 unspecified atom stereocenters. The molecular formula is C20H26F2N2O4. The Kier molecular flexibility index (Phi) is 5.76. The molecule has 28 heavy (non-hydrogen) atoms. The summed E-state index contributed by atoms with van der Waals surface area (Å²) in [4.78, 5) is 28.7. The van der Waals surface area contributed by atoms with E-state index in [2.05, 4.69) is 4.74 Å². The first kappa shape index (κ1) is 20.4. The molecule has 0 spiro atoms. The van der Waals surface area contributed by atoms with Crippen LogP contribution in [0.25, 0.3) is 0 Å². The van der Waals surface area contributed by atoms with Gasteiger partial charge >= 0.3 is 12.7 Å². The zero-order valence-electron chi connectivity index (χ0n) is 16.4. The number of benzene rings is 1. The van der Waals surface area contributed by atoms with Crippen LogP contribution in [0.4, 0.5) is 13.6 Å². The van der Waals surface area contributed by atoms with Crippen LogP contribution in [0, 0.1) is 5.92 Å². The van der Waals surface area contributed by atoms with Crippen LogP contribution in [0.5, 0.6) is 5.75 Å². The van der Waals surface area contributed by atoms with Gasteiger partial charge in [-0.15, -0.1) is 0 Å². The quantitative estimate of drug-likeness (QED) is 0.781. The smallest absolute Gasteiger partial charge is 0.410 e. The van der Waals surface area contributed by atoms with E-state index in [0.717, 1.165) is 6.42 Å². The lowest BCUT2D eigenvalue weighted by Gasteiger charge is -2.38. The van der Waals surface area contributed by atoms with E-state index in [4.69, 9.17) is 4.74 Å². The summed E-state index contributed by atoms with van der Waals surface area (Å²) in [7, 11) is 0. The molecule has 6 nitrogen and oxygen atoms in total. The van der Waals surface area contributed by atoms with Gasteiger partial charge in [0.2, 0.25) is 0 Å². The Bertz CT molecular complexity index is 735. The van der Waals surface area contributed by atoms with Gasteiger partial charge in [-0.25, -0.2) is 4.79 Å². The van der Waals surface area contributed by atoms with Crippen molar-refractivity contribution in [3.05, 3.63) is 29.8 Å². The van der Waals surface area contributed by atoms with Crippen LogP contribution in [-0.2, 0) is 4.74 Å². The largest absolute Gasteiger partial charge is 0.444 e. The van der Waals surface area contributed by atoms with Gasteiger partial charge in [0.15, 0.2) is 0 Å². The van der Waals surface area contributed by atoms with Crippen molar-refractivity contribution in [2.75, 3.05) is 19.6 Å². The van der Waals surface area contributed by atoms with E-state index in [0.29, 0.717) is 31.6 Å². The zero-order chi connectivity index (χ0) is 20.5. The second-order valence-corrected chi connectivity index (χ2v) is 8.24. The van der Waals surface area contributed by atoms with Crippen LogP contribution in [0.15, 0.2) is 24.3 Å². The number of fused-ring (bicyclic) bond motifs is 1. The predicted molar refractivity (Wildman–Crippen MR) is 98.4 cm³/mol. The predicted octanol–water partition coefficient (Wildman–Crippen LogP) is 3.76. The number of likely N-dealkylation sites (tertiary alicyclic amines) is 2. The van der Waals surface area contributed by atoms with Crippen molar-refractivity contribution in [2.45, 2.75) is 51.9 Å². The Hall–Kier alpha value is -2.38. The highest BCUT2D eigenvalue weighted by molar-refractivity contribution is 5.94. The molecule has 154 valence electrons. The summed E-state index contributed by atoms with van der Waals surface area (Å²) in [6.45, 7) is 4.23. The van der Waals surface area contributed by atoms with Crippen molar-refractivity contribution in [3.8, 4) is 5.75 Å².